The van der Waals surface area contributed by atoms with E-state index >= 15 is 4.39 Å². The first-order chi connectivity index (χ1) is 18.3. The monoisotopic (exact) mass is 513 g/mol. The van der Waals surface area contributed by atoms with Gasteiger partial charge in [0.15, 0.2) is 0 Å². The molecule has 194 valence electrons. The van der Waals surface area contributed by atoms with Gasteiger partial charge in [0.1, 0.15) is 17.7 Å². The molecule has 0 radical (unpaired) electrons. The molecule has 1 atom stereocenters. The lowest BCUT2D eigenvalue weighted by Gasteiger charge is -2.15. The number of carbonyl (C=O) groups excluding carboxylic acids is 2. The first-order valence-corrected chi connectivity index (χ1v) is 12.4. The standard InChI is InChI=1S/C30H28FN3O4/c1-19(20-7-5-4-6-8-20)38-29(36)33-27-25(18-32-34(27)2)24-14-11-22(17-26(24)31)21-9-12-23(13-10-21)30(15-16-30)28(35)37-3/h4-14,17-19H,15-16H2,1-3H3,(H,33,36). The van der Waals surface area contributed by atoms with E-state index in [1.165, 1.54) is 24.1 Å². The first kappa shape index (κ1) is 25.2. The summed E-state index contributed by atoms with van der Waals surface area (Å²) in [5, 5.41) is 6.91. The Morgan fingerprint density at radius 3 is 2.32 bits per heavy atom. The molecule has 1 unspecified atom stereocenters. The molecule has 1 amide bonds. The van der Waals surface area contributed by atoms with Gasteiger partial charge in [-0.05, 0) is 48.1 Å². The Morgan fingerprint density at radius 1 is 1.00 bits per heavy atom. The molecule has 1 heterocycles. The number of carbonyl (C=O) groups is 2. The second kappa shape index (κ2) is 10.1. The molecule has 5 rings (SSSR count). The van der Waals surface area contributed by atoms with Crippen molar-refractivity contribution < 1.29 is 23.5 Å². The number of hydrogen-bond donors (Lipinski definition) is 1. The quantitative estimate of drug-likeness (QED) is 0.289. The fourth-order valence-corrected chi connectivity index (χ4v) is 4.69. The third kappa shape index (κ3) is 4.77. The average molecular weight is 514 g/mol. The number of halogens is 1. The van der Waals surface area contributed by atoms with Gasteiger partial charge in [0.25, 0.3) is 0 Å². The van der Waals surface area contributed by atoms with Crippen LogP contribution in [0.15, 0.2) is 79.0 Å². The molecule has 7 nitrogen and oxygen atoms in total. The van der Waals surface area contributed by atoms with Gasteiger partial charge in [-0.3, -0.25) is 14.8 Å². The van der Waals surface area contributed by atoms with Gasteiger partial charge in [0, 0.05) is 18.2 Å². The zero-order valence-electron chi connectivity index (χ0n) is 21.4. The third-order valence-electron chi connectivity index (χ3n) is 7.07. The number of aryl methyl sites for hydroxylation is 1. The number of ether oxygens (including phenoxy) is 2. The van der Waals surface area contributed by atoms with Gasteiger partial charge in [-0.1, -0.05) is 66.7 Å². The Bertz CT molecular complexity index is 1480. The molecule has 3 aromatic carbocycles. The molecule has 1 N–H and O–H groups in total. The maximum absolute atomic E-state index is 15.4. The number of benzene rings is 3. The molecule has 4 aromatic rings. The molecule has 0 spiro atoms. The molecule has 1 aromatic heterocycles. The van der Waals surface area contributed by atoms with Crippen LogP contribution in [-0.2, 0) is 26.7 Å². The summed E-state index contributed by atoms with van der Waals surface area (Å²) in [5.41, 5.74) is 3.46. The van der Waals surface area contributed by atoms with Crippen molar-refractivity contribution in [2.24, 2.45) is 7.05 Å². The molecule has 38 heavy (non-hydrogen) atoms. The lowest BCUT2D eigenvalue weighted by molar-refractivity contribution is -0.143. The predicted octanol–water partition coefficient (Wildman–Crippen LogP) is 6.41. The minimum absolute atomic E-state index is 0.222. The highest BCUT2D eigenvalue weighted by molar-refractivity contribution is 5.90. The summed E-state index contributed by atoms with van der Waals surface area (Å²) in [4.78, 5) is 24.8. The van der Waals surface area contributed by atoms with Crippen LogP contribution in [-0.4, -0.2) is 29.0 Å². The van der Waals surface area contributed by atoms with E-state index in [1.54, 1.807) is 20.0 Å². The van der Waals surface area contributed by atoms with Crippen molar-refractivity contribution in [3.8, 4) is 22.3 Å². The van der Waals surface area contributed by atoms with Crippen LogP contribution in [0, 0.1) is 5.82 Å². The van der Waals surface area contributed by atoms with Crippen LogP contribution in [0.1, 0.15) is 37.0 Å². The Hall–Kier alpha value is -4.46. The molecule has 0 aliphatic heterocycles. The summed E-state index contributed by atoms with van der Waals surface area (Å²) in [7, 11) is 3.06. The smallest absolute Gasteiger partial charge is 0.413 e. The SMILES string of the molecule is COC(=O)C1(c2ccc(-c3ccc(-c4cnn(C)c4NC(=O)OC(C)c4ccccc4)c(F)c3)cc2)CC1. The first-order valence-electron chi connectivity index (χ1n) is 12.4. The summed E-state index contributed by atoms with van der Waals surface area (Å²) in [6, 6.07) is 21.9. The third-order valence-corrected chi connectivity index (χ3v) is 7.07. The Kier molecular flexibility index (Phi) is 6.72. The van der Waals surface area contributed by atoms with Gasteiger partial charge >= 0.3 is 12.1 Å². The van der Waals surface area contributed by atoms with Crippen LogP contribution < -0.4 is 5.32 Å². The molecular formula is C30H28FN3O4. The van der Waals surface area contributed by atoms with Crippen LogP contribution in [0.4, 0.5) is 15.0 Å². The fourth-order valence-electron chi connectivity index (χ4n) is 4.69. The predicted molar refractivity (Wildman–Crippen MR) is 142 cm³/mol. The molecule has 8 heteroatoms. The summed E-state index contributed by atoms with van der Waals surface area (Å²) in [5.74, 6) is -0.356. The van der Waals surface area contributed by atoms with E-state index in [0.29, 0.717) is 22.5 Å². The van der Waals surface area contributed by atoms with Crippen molar-refractivity contribution in [1.29, 1.82) is 0 Å². The van der Waals surface area contributed by atoms with E-state index in [2.05, 4.69) is 10.4 Å². The van der Waals surface area contributed by atoms with Gasteiger partial charge in [0.2, 0.25) is 0 Å². The number of rotatable bonds is 7. The molecule has 0 saturated heterocycles. The van der Waals surface area contributed by atoms with Gasteiger partial charge in [-0.2, -0.15) is 5.10 Å². The van der Waals surface area contributed by atoms with Gasteiger partial charge in [-0.15, -0.1) is 0 Å². The van der Waals surface area contributed by atoms with Gasteiger partial charge in [-0.25, -0.2) is 9.18 Å². The van der Waals surface area contributed by atoms with Crippen LogP contribution >= 0.6 is 0 Å². The normalized spacial score (nSPS) is 14.4. The number of anilines is 1. The number of esters is 1. The van der Waals surface area contributed by atoms with Gasteiger partial charge < -0.3 is 9.47 Å². The van der Waals surface area contributed by atoms with Crippen LogP contribution in [0.2, 0.25) is 0 Å². The van der Waals surface area contributed by atoms with Crippen LogP contribution in [0.3, 0.4) is 0 Å². The zero-order chi connectivity index (χ0) is 26.9. The lowest BCUT2D eigenvalue weighted by atomic mass is 9.93. The minimum atomic E-state index is -0.663. The molecule has 1 saturated carbocycles. The van der Waals surface area contributed by atoms with Crippen LogP contribution in [0.5, 0.6) is 0 Å². The van der Waals surface area contributed by atoms with Crippen LogP contribution in [0.25, 0.3) is 22.3 Å². The molecule has 1 aliphatic rings. The largest absolute Gasteiger partial charge is 0.468 e. The average Bonchev–Trinajstić information content (AvgIpc) is 3.68. The summed E-state index contributed by atoms with van der Waals surface area (Å²) in [6.07, 6.45) is 1.91. The van der Waals surface area contributed by atoms with Crippen molar-refractivity contribution in [2.75, 3.05) is 12.4 Å². The number of aromatic nitrogens is 2. The highest BCUT2D eigenvalue weighted by Gasteiger charge is 2.52. The summed E-state index contributed by atoms with van der Waals surface area (Å²) >= 11 is 0. The number of nitrogens with zero attached hydrogens (tertiary/aromatic N) is 2. The number of amides is 1. The van der Waals surface area contributed by atoms with Crippen molar-refractivity contribution in [2.45, 2.75) is 31.3 Å². The van der Waals surface area contributed by atoms with E-state index < -0.39 is 23.4 Å². The molecule has 1 aliphatic carbocycles. The zero-order valence-corrected chi connectivity index (χ0v) is 21.4. The number of nitrogens with one attached hydrogen (secondary N) is 1. The molecule has 1 fully saturated rings. The highest BCUT2D eigenvalue weighted by Crippen LogP contribution is 2.49. The maximum atomic E-state index is 15.4. The highest BCUT2D eigenvalue weighted by atomic mass is 19.1. The number of methoxy groups -OCH3 is 1. The Labute approximate surface area is 220 Å². The Balaban J connectivity index is 1.34. The Morgan fingerprint density at radius 2 is 1.68 bits per heavy atom. The second-order valence-corrected chi connectivity index (χ2v) is 9.46. The lowest BCUT2D eigenvalue weighted by Crippen LogP contribution is -2.21. The number of hydrogen-bond acceptors (Lipinski definition) is 5. The molecular weight excluding hydrogens is 485 g/mol. The van der Waals surface area contributed by atoms with E-state index in [0.717, 1.165) is 29.5 Å². The van der Waals surface area contributed by atoms with Crippen molar-refractivity contribution in [3.05, 3.63) is 95.9 Å². The van der Waals surface area contributed by atoms with E-state index in [9.17, 15) is 9.59 Å². The van der Waals surface area contributed by atoms with Gasteiger partial charge in [0.05, 0.1) is 18.7 Å². The second-order valence-electron chi connectivity index (χ2n) is 9.46. The molecule has 0 bridgehead atoms. The minimum Gasteiger partial charge on any atom is -0.468 e. The fraction of sp³-hybridized carbons (Fsp3) is 0.233. The van der Waals surface area contributed by atoms with E-state index in [4.69, 9.17) is 9.47 Å². The summed E-state index contributed by atoms with van der Waals surface area (Å²) < 4.78 is 27.3. The topological polar surface area (TPSA) is 82.5 Å². The van der Waals surface area contributed by atoms with E-state index in [-0.39, 0.29) is 5.97 Å². The summed E-state index contributed by atoms with van der Waals surface area (Å²) in [6.45, 7) is 1.78. The van der Waals surface area contributed by atoms with Crippen molar-refractivity contribution in [3.63, 3.8) is 0 Å². The van der Waals surface area contributed by atoms with E-state index in [1.807, 2.05) is 60.7 Å². The van der Waals surface area contributed by atoms with Crippen molar-refractivity contribution >= 4 is 17.9 Å². The maximum Gasteiger partial charge on any atom is 0.413 e. The van der Waals surface area contributed by atoms with Crippen molar-refractivity contribution in [1.82, 2.24) is 9.78 Å².